The molecule has 0 heterocycles. The van der Waals surface area contributed by atoms with Crippen molar-refractivity contribution in [2.75, 3.05) is 6.54 Å². The number of carbonyl (C=O) groups excluding carboxylic acids is 1. The van der Waals surface area contributed by atoms with Gasteiger partial charge in [-0.15, -0.1) is 0 Å². The molecule has 0 aromatic heterocycles. The van der Waals surface area contributed by atoms with E-state index in [-0.39, 0.29) is 6.41 Å². The Morgan fingerprint density at radius 3 is 2.00 bits per heavy atom. The second kappa shape index (κ2) is 8.37. The number of hydrogen-bond acceptors (Lipinski definition) is 1. The van der Waals surface area contributed by atoms with Gasteiger partial charge in [0.15, 0.2) is 0 Å². The SMILES string of the molecule is CC(C)C1CCCCC1.O=CNCC(F)(F)F. The average Bonchev–Trinajstić information content (AvgIpc) is 2.27. The maximum absolute atomic E-state index is 11.0. The van der Waals surface area contributed by atoms with Crippen molar-refractivity contribution in [2.45, 2.75) is 52.1 Å². The Labute approximate surface area is 101 Å². The van der Waals surface area contributed by atoms with Gasteiger partial charge in [-0.1, -0.05) is 46.0 Å². The van der Waals surface area contributed by atoms with E-state index in [0.29, 0.717) is 0 Å². The lowest BCUT2D eigenvalue weighted by atomic mass is 9.82. The number of hydrogen-bond donors (Lipinski definition) is 1. The Balaban J connectivity index is 0.000000304. The van der Waals surface area contributed by atoms with Crippen LogP contribution in [0.4, 0.5) is 13.2 Å². The first-order valence-electron chi connectivity index (χ1n) is 6.10. The second-order valence-electron chi connectivity index (χ2n) is 4.76. The van der Waals surface area contributed by atoms with Gasteiger partial charge in [-0.3, -0.25) is 4.79 Å². The van der Waals surface area contributed by atoms with Gasteiger partial charge in [0.05, 0.1) is 0 Å². The molecular weight excluding hydrogens is 231 g/mol. The number of amides is 1. The first kappa shape index (κ1) is 16.3. The zero-order valence-corrected chi connectivity index (χ0v) is 10.5. The second-order valence-corrected chi connectivity index (χ2v) is 4.76. The lowest BCUT2D eigenvalue weighted by Gasteiger charge is -2.24. The molecule has 17 heavy (non-hydrogen) atoms. The summed E-state index contributed by atoms with van der Waals surface area (Å²) < 4.78 is 33.1. The van der Waals surface area contributed by atoms with Gasteiger partial charge in [-0.2, -0.15) is 13.2 Å². The maximum Gasteiger partial charge on any atom is 0.405 e. The van der Waals surface area contributed by atoms with Gasteiger partial charge in [0.25, 0.3) is 0 Å². The first-order chi connectivity index (χ1) is 7.87. The predicted octanol–water partition coefficient (Wildman–Crippen LogP) is 3.52. The van der Waals surface area contributed by atoms with Crippen LogP contribution in [0, 0.1) is 11.8 Å². The normalized spacial score (nSPS) is 17.3. The van der Waals surface area contributed by atoms with E-state index in [1.807, 2.05) is 0 Å². The lowest BCUT2D eigenvalue weighted by molar-refractivity contribution is -0.132. The molecule has 1 aliphatic rings. The largest absolute Gasteiger partial charge is 0.405 e. The molecular formula is C12H22F3NO. The Morgan fingerprint density at radius 2 is 1.76 bits per heavy atom. The molecule has 0 aromatic carbocycles. The Morgan fingerprint density at radius 1 is 1.24 bits per heavy atom. The summed E-state index contributed by atoms with van der Waals surface area (Å²) in [6.07, 6.45) is 3.18. The highest BCUT2D eigenvalue weighted by molar-refractivity contribution is 5.45. The van der Waals surface area contributed by atoms with Crippen molar-refractivity contribution in [3.05, 3.63) is 0 Å². The minimum Gasteiger partial charge on any atom is -0.350 e. The molecule has 0 spiro atoms. The third kappa shape index (κ3) is 10.1. The van der Waals surface area contributed by atoms with Crippen LogP contribution in [-0.2, 0) is 4.79 Å². The molecule has 1 N–H and O–H groups in total. The molecule has 0 aliphatic heterocycles. The molecule has 1 saturated carbocycles. The quantitative estimate of drug-likeness (QED) is 0.766. The van der Waals surface area contributed by atoms with E-state index < -0.39 is 12.7 Å². The van der Waals surface area contributed by atoms with Gasteiger partial charge in [0.1, 0.15) is 6.54 Å². The average molecular weight is 253 g/mol. The molecule has 1 aliphatic carbocycles. The van der Waals surface area contributed by atoms with Gasteiger partial charge in [0, 0.05) is 0 Å². The standard InChI is InChI=1S/C9H18.C3H4F3NO/c1-8(2)9-6-4-3-5-7-9;4-3(5,6)1-7-2-8/h8-9H,3-7H2,1-2H3;2H,1H2,(H,7,8). The summed E-state index contributed by atoms with van der Waals surface area (Å²) in [7, 11) is 0. The monoisotopic (exact) mass is 253 g/mol. The van der Waals surface area contributed by atoms with Gasteiger partial charge < -0.3 is 5.32 Å². The topological polar surface area (TPSA) is 29.1 Å². The van der Waals surface area contributed by atoms with E-state index in [1.54, 1.807) is 0 Å². The first-order valence-corrected chi connectivity index (χ1v) is 6.10. The fourth-order valence-electron chi connectivity index (χ4n) is 1.96. The molecule has 2 nitrogen and oxygen atoms in total. The molecule has 5 heteroatoms. The summed E-state index contributed by atoms with van der Waals surface area (Å²) in [5.74, 6) is 1.99. The van der Waals surface area contributed by atoms with Crippen LogP contribution in [-0.4, -0.2) is 19.1 Å². The van der Waals surface area contributed by atoms with E-state index in [0.717, 1.165) is 11.8 Å². The van der Waals surface area contributed by atoms with Gasteiger partial charge in [-0.25, -0.2) is 0 Å². The van der Waals surface area contributed by atoms with E-state index in [4.69, 9.17) is 0 Å². The summed E-state index contributed by atoms with van der Waals surface area (Å²) in [4.78, 5) is 9.24. The summed E-state index contributed by atoms with van der Waals surface area (Å²) in [5.41, 5.74) is 0. The number of alkyl halides is 3. The number of carbonyl (C=O) groups is 1. The fraction of sp³-hybridized carbons (Fsp3) is 0.917. The van der Waals surface area contributed by atoms with Crippen LogP contribution in [0.1, 0.15) is 46.0 Å². The van der Waals surface area contributed by atoms with Crippen molar-refractivity contribution in [3.63, 3.8) is 0 Å². The predicted molar refractivity (Wildman–Crippen MR) is 61.5 cm³/mol. The highest BCUT2D eigenvalue weighted by atomic mass is 19.4. The zero-order valence-electron chi connectivity index (χ0n) is 10.5. The van der Waals surface area contributed by atoms with Crippen molar-refractivity contribution >= 4 is 6.41 Å². The zero-order chi connectivity index (χ0) is 13.3. The van der Waals surface area contributed by atoms with Crippen LogP contribution in [0.3, 0.4) is 0 Å². The third-order valence-electron chi connectivity index (χ3n) is 2.98. The molecule has 0 aromatic rings. The van der Waals surface area contributed by atoms with Crippen molar-refractivity contribution in [1.82, 2.24) is 5.32 Å². The fourth-order valence-corrected chi connectivity index (χ4v) is 1.96. The molecule has 1 fully saturated rings. The van der Waals surface area contributed by atoms with E-state index in [2.05, 4.69) is 13.8 Å². The van der Waals surface area contributed by atoms with E-state index in [1.165, 1.54) is 37.4 Å². The highest BCUT2D eigenvalue weighted by Crippen LogP contribution is 2.29. The highest BCUT2D eigenvalue weighted by Gasteiger charge is 2.25. The van der Waals surface area contributed by atoms with Crippen molar-refractivity contribution < 1.29 is 18.0 Å². The van der Waals surface area contributed by atoms with Crippen molar-refractivity contribution in [2.24, 2.45) is 11.8 Å². The van der Waals surface area contributed by atoms with Crippen LogP contribution >= 0.6 is 0 Å². The van der Waals surface area contributed by atoms with Gasteiger partial charge >= 0.3 is 6.18 Å². The maximum atomic E-state index is 11.0. The number of rotatable bonds is 3. The van der Waals surface area contributed by atoms with Crippen LogP contribution in [0.5, 0.6) is 0 Å². The van der Waals surface area contributed by atoms with Crippen LogP contribution in [0.2, 0.25) is 0 Å². The Kier molecular flexibility index (Phi) is 8.00. The minimum absolute atomic E-state index is 0.00743. The summed E-state index contributed by atoms with van der Waals surface area (Å²) in [5, 5.41) is 1.48. The van der Waals surface area contributed by atoms with Crippen molar-refractivity contribution in [1.29, 1.82) is 0 Å². The summed E-state index contributed by atoms with van der Waals surface area (Å²) in [6.45, 7) is 3.46. The molecule has 1 amide bonds. The molecule has 0 bridgehead atoms. The Bertz CT molecular complexity index is 198. The van der Waals surface area contributed by atoms with E-state index in [9.17, 15) is 18.0 Å². The van der Waals surface area contributed by atoms with Crippen LogP contribution in [0.25, 0.3) is 0 Å². The molecule has 0 radical (unpaired) electrons. The smallest absolute Gasteiger partial charge is 0.350 e. The summed E-state index contributed by atoms with van der Waals surface area (Å²) >= 11 is 0. The minimum atomic E-state index is -4.29. The molecule has 1 rings (SSSR count). The number of nitrogens with one attached hydrogen (secondary N) is 1. The van der Waals surface area contributed by atoms with Crippen LogP contribution < -0.4 is 5.32 Å². The lowest BCUT2D eigenvalue weighted by Crippen LogP contribution is -2.27. The molecule has 0 saturated heterocycles. The summed E-state index contributed by atoms with van der Waals surface area (Å²) in [6, 6.07) is 0. The Hall–Kier alpha value is -0.740. The van der Waals surface area contributed by atoms with Crippen LogP contribution in [0.15, 0.2) is 0 Å². The van der Waals surface area contributed by atoms with E-state index >= 15 is 0 Å². The van der Waals surface area contributed by atoms with Gasteiger partial charge in [0.2, 0.25) is 6.41 Å². The molecule has 102 valence electrons. The van der Waals surface area contributed by atoms with Gasteiger partial charge in [-0.05, 0) is 11.8 Å². The molecule has 0 unspecified atom stereocenters. The third-order valence-corrected chi connectivity index (χ3v) is 2.98. The number of halogens is 3. The molecule has 0 atom stereocenters. The van der Waals surface area contributed by atoms with Crippen molar-refractivity contribution in [3.8, 4) is 0 Å².